The third kappa shape index (κ3) is 2.37. The average molecular weight is 232 g/mol. The zero-order valence-electron chi connectivity index (χ0n) is 10.4. The fourth-order valence-electron chi connectivity index (χ4n) is 2.96. The maximum Gasteiger partial charge on any atom is 0.0869 e. The van der Waals surface area contributed by atoms with Crippen LogP contribution in [0.3, 0.4) is 0 Å². The predicted molar refractivity (Wildman–Crippen MR) is 67.9 cm³/mol. The van der Waals surface area contributed by atoms with Gasteiger partial charge in [0.05, 0.1) is 18.8 Å². The smallest absolute Gasteiger partial charge is 0.0869 e. The summed E-state index contributed by atoms with van der Waals surface area (Å²) in [5, 5.41) is 0. The highest BCUT2D eigenvalue weighted by Crippen LogP contribution is 2.23. The van der Waals surface area contributed by atoms with Crippen molar-refractivity contribution in [3.05, 3.63) is 35.9 Å². The molecule has 2 unspecified atom stereocenters. The second-order valence-corrected chi connectivity index (χ2v) is 5.15. The number of benzene rings is 1. The summed E-state index contributed by atoms with van der Waals surface area (Å²) in [6.45, 7) is 5.21. The highest BCUT2D eigenvalue weighted by molar-refractivity contribution is 5.15. The van der Waals surface area contributed by atoms with Gasteiger partial charge in [-0.15, -0.1) is 0 Å². The van der Waals surface area contributed by atoms with Gasteiger partial charge in [0, 0.05) is 26.2 Å². The van der Waals surface area contributed by atoms with E-state index in [0.717, 1.165) is 32.8 Å². The van der Waals surface area contributed by atoms with Crippen molar-refractivity contribution >= 4 is 0 Å². The van der Waals surface area contributed by atoms with Gasteiger partial charge in [0.2, 0.25) is 0 Å². The molecule has 0 N–H and O–H groups in total. The molecule has 3 nitrogen and oxygen atoms in total. The van der Waals surface area contributed by atoms with Crippen LogP contribution in [0.1, 0.15) is 5.56 Å². The van der Waals surface area contributed by atoms with Gasteiger partial charge in [0.1, 0.15) is 0 Å². The molecule has 1 aromatic carbocycles. The van der Waals surface area contributed by atoms with Crippen LogP contribution >= 0.6 is 0 Å². The Morgan fingerprint density at radius 2 is 2.06 bits per heavy atom. The van der Waals surface area contributed by atoms with Crippen molar-refractivity contribution in [2.45, 2.75) is 18.7 Å². The van der Waals surface area contributed by atoms with E-state index in [1.54, 1.807) is 0 Å². The fraction of sp³-hybridized carbons (Fsp3) is 0.571. The lowest BCUT2D eigenvalue weighted by Gasteiger charge is -2.36. The number of ether oxygens (including phenoxy) is 1. The van der Waals surface area contributed by atoms with Crippen LogP contribution in [-0.2, 0) is 11.3 Å². The zero-order valence-corrected chi connectivity index (χ0v) is 10.4. The molecule has 17 heavy (non-hydrogen) atoms. The van der Waals surface area contributed by atoms with Crippen LogP contribution in [0, 0.1) is 0 Å². The number of nitrogens with zero attached hydrogens (tertiary/aromatic N) is 2. The summed E-state index contributed by atoms with van der Waals surface area (Å²) in [5.41, 5.74) is 1.41. The minimum atomic E-state index is 0.414. The molecule has 0 saturated carbocycles. The van der Waals surface area contributed by atoms with E-state index in [2.05, 4.69) is 47.2 Å². The van der Waals surface area contributed by atoms with Crippen LogP contribution in [0.5, 0.6) is 0 Å². The molecule has 2 heterocycles. The van der Waals surface area contributed by atoms with Crippen molar-refractivity contribution in [2.75, 3.05) is 33.3 Å². The van der Waals surface area contributed by atoms with Gasteiger partial charge in [-0.3, -0.25) is 4.90 Å². The Bertz CT molecular complexity index is 368. The molecular formula is C14H20N2O. The van der Waals surface area contributed by atoms with E-state index in [0.29, 0.717) is 12.1 Å². The van der Waals surface area contributed by atoms with E-state index in [1.165, 1.54) is 5.56 Å². The summed E-state index contributed by atoms with van der Waals surface area (Å²) < 4.78 is 5.86. The Labute approximate surface area is 103 Å². The van der Waals surface area contributed by atoms with E-state index in [1.807, 2.05) is 0 Å². The van der Waals surface area contributed by atoms with E-state index in [4.69, 9.17) is 4.74 Å². The molecule has 2 aliphatic heterocycles. The predicted octanol–water partition coefficient (Wildman–Crippen LogP) is 1.20. The summed E-state index contributed by atoms with van der Waals surface area (Å²) >= 11 is 0. The molecule has 2 aliphatic rings. The van der Waals surface area contributed by atoms with Gasteiger partial charge in [-0.25, -0.2) is 0 Å². The number of likely N-dealkylation sites (N-methyl/N-ethyl adjacent to an activating group) is 1. The maximum atomic E-state index is 5.86. The molecule has 2 fully saturated rings. The highest BCUT2D eigenvalue weighted by Gasteiger charge is 2.38. The first-order valence-electron chi connectivity index (χ1n) is 6.41. The lowest BCUT2D eigenvalue weighted by Crippen LogP contribution is -2.50. The van der Waals surface area contributed by atoms with Crippen molar-refractivity contribution in [3.63, 3.8) is 0 Å². The average Bonchev–Trinajstić information content (AvgIpc) is 2.72. The summed E-state index contributed by atoms with van der Waals surface area (Å²) in [6, 6.07) is 11.3. The quantitative estimate of drug-likeness (QED) is 0.762. The molecule has 1 aromatic rings. The molecule has 2 saturated heterocycles. The molecule has 3 heteroatoms. The van der Waals surface area contributed by atoms with Crippen LogP contribution in [0.2, 0.25) is 0 Å². The standard InChI is InChI=1S/C14H20N2O/c1-15-10-13-14(11-15)17-8-7-16(13)9-12-5-3-2-4-6-12/h2-6,13-14H,7-11H2,1H3. The third-order valence-corrected chi connectivity index (χ3v) is 3.83. The lowest BCUT2D eigenvalue weighted by atomic mass is 10.1. The second kappa shape index (κ2) is 4.77. The topological polar surface area (TPSA) is 15.7 Å². The van der Waals surface area contributed by atoms with Gasteiger partial charge in [-0.05, 0) is 12.6 Å². The van der Waals surface area contributed by atoms with Crippen LogP contribution in [0.25, 0.3) is 0 Å². The van der Waals surface area contributed by atoms with Gasteiger partial charge in [-0.2, -0.15) is 0 Å². The SMILES string of the molecule is CN1CC2OCCN(Cc3ccccc3)C2C1. The second-order valence-electron chi connectivity index (χ2n) is 5.15. The first kappa shape index (κ1) is 11.2. The largest absolute Gasteiger partial charge is 0.374 e. The Balaban J connectivity index is 1.70. The maximum absolute atomic E-state index is 5.86. The Morgan fingerprint density at radius 3 is 2.88 bits per heavy atom. The van der Waals surface area contributed by atoms with Crippen LogP contribution in [0.4, 0.5) is 0 Å². The summed E-state index contributed by atoms with van der Waals surface area (Å²) in [6.07, 6.45) is 0.414. The van der Waals surface area contributed by atoms with Gasteiger partial charge in [0.15, 0.2) is 0 Å². The third-order valence-electron chi connectivity index (χ3n) is 3.83. The van der Waals surface area contributed by atoms with Crippen LogP contribution in [0.15, 0.2) is 30.3 Å². The minimum absolute atomic E-state index is 0.414. The first-order valence-corrected chi connectivity index (χ1v) is 6.41. The number of fused-ring (bicyclic) bond motifs is 1. The van der Waals surface area contributed by atoms with Gasteiger partial charge in [0.25, 0.3) is 0 Å². The van der Waals surface area contributed by atoms with Gasteiger partial charge < -0.3 is 9.64 Å². The van der Waals surface area contributed by atoms with Crippen LogP contribution in [-0.4, -0.2) is 55.2 Å². The summed E-state index contributed by atoms with van der Waals surface area (Å²) in [5.74, 6) is 0. The molecular weight excluding hydrogens is 212 g/mol. The monoisotopic (exact) mass is 232 g/mol. The summed E-state index contributed by atoms with van der Waals surface area (Å²) in [7, 11) is 2.18. The Morgan fingerprint density at radius 1 is 1.24 bits per heavy atom. The minimum Gasteiger partial charge on any atom is -0.374 e. The first-order chi connectivity index (χ1) is 8.33. The normalized spacial score (nSPS) is 30.4. The number of hydrogen-bond donors (Lipinski definition) is 0. The van der Waals surface area contributed by atoms with Crippen LogP contribution < -0.4 is 0 Å². The molecule has 0 spiro atoms. The molecule has 92 valence electrons. The van der Waals surface area contributed by atoms with Gasteiger partial charge in [-0.1, -0.05) is 30.3 Å². The zero-order chi connectivity index (χ0) is 11.7. The van der Waals surface area contributed by atoms with Crippen molar-refractivity contribution in [3.8, 4) is 0 Å². The molecule has 0 radical (unpaired) electrons. The molecule has 0 aromatic heterocycles. The van der Waals surface area contributed by atoms with E-state index in [9.17, 15) is 0 Å². The Hall–Kier alpha value is -0.900. The van der Waals surface area contributed by atoms with E-state index < -0.39 is 0 Å². The molecule has 2 atom stereocenters. The van der Waals surface area contributed by atoms with Crippen molar-refractivity contribution in [2.24, 2.45) is 0 Å². The molecule has 0 amide bonds. The number of morpholine rings is 1. The number of likely N-dealkylation sites (tertiary alicyclic amines) is 1. The molecule has 0 bridgehead atoms. The lowest BCUT2D eigenvalue weighted by molar-refractivity contribution is -0.0503. The molecule has 0 aliphatic carbocycles. The van der Waals surface area contributed by atoms with Crippen molar-refractivity contribution in [1.29, 1.82) is 0 Å². The van der Waals surface area contributed by atoms with E-state index in [-0.39, 0.29) is 0 Å². The van der Waals surface area contributed by atoms with E-state index >= 15 is 0 Å². The number of hydrogen-bond acceptors (Lipinski definition) is 3. The highest BCUT2D eigenvalue weighted by atomic mass is 16.5. The number of rotatable bonds is 2. The van der Waals surface area contributed by atoms with Crippen molar-refractivity contribution < 1.29 is 4.74 Å². The van der Waals surface area contributed by atoms with Gasteiger partial charge >= 0.3 is 0 Å². The fourth-order valence-corrected chi connectivity index (χ4v) is 2.96. The summed E-state index contributed by atoms with van der Waals surface area (Å²) in [4.78, 5) is 4.95. The molecule has 3 rings (SSSR count). The Kier molecular flexibility index (Phi) is 3.14. The van der Waals surface area contributed by atoms with Crippen molar-refractivity contribution in [1.82, 2.24) is 9.80 Å².